The fourth-order valence-corrected chi connectivity index (χ4v) is 2.55. The van der Waals surface area contributed by atoms with Crippen LogP contribution < -0.4 is 15.5 Å². The molecule has 24 heavy (non-hydrogen) atoms. The summed E-state index contributed by atoms with van der Waals surface area (Å²) in [5.74, 6) is 0.000681. The average Bonchev–Trinajstić information content (AvgIpc) is 2.98. The second-order valence-corrected chi connectivity index (χ2v) is 6.29. The Kier molecular flexibility index (Phi) is 6.35. The number of amides is 3. The molecule has 130 valence electrons. The van der Waals surface area contributed by atoms with Crippen LogP contribution in [-0.2, 0) is 20.8 Å². The number of benzene rings is 1. The quantitative estimate of drug-likeness (QED) is 0.738. The predicted octanol–water partition coefficient (Wildman–Crippen LogP) is 1.24. The van der Waals surface area contributed by atoms with Gasteiger partial charge < -0.3 is 15.5 Å². The van der Waals surface area contributed by atoms with Crippen LogP contribution in [0.2, 0.25) is 0 Å². The Balaban J connectivity index is 1.74. The summed E-state index contributed by atoms with van der Waals surface area (Å²) in [6.07, 6.45) is 1.79. The maximum absolute atomic E-state index is 11.9. The standard InChI is InChI=1S/C18H25N3O3/c1-13(2)18(24)20-10-9-19-16(22)12-14-5-7-15(8-6-14)21-11-3-4-17(21)23/h5-8,13H,3-4,9-12H2,1-2H3,(H,19,22)(H,20,24). The molecular formula is C18H25N3O3. The molecule has 0 atom stereocenters. The molecule has 0 aliphatic carbocycles. The van der Waals surface area contributed by atoms with E-state index in [2.05, 4.69) is 10.6 Å². The van der Waals surface area contributed by atoms with Crippen LogP contribution in [0.5, 0.6) is 0 Å². The molecule has 1 fully saturated rings. The molecule has 2 N–H and O–H groups in total. The van der Waals surface area contributed by atoms with Gasteiger partial charge >= 0.3 is 0 Å². The third-order valence-electron chi connectivity index (χ3n) is 3.96. The van der Waals surface area contributed by atoms with E-state index in [1.165, 1.54) is 0 Å². The van der Waals surface area contributed by atoms with E-state index in [4.69, 9.17) is 0 Å². The van der Waals surface area contributed by atoms with Crippen LogP contribution in [0.25, 0.3) is 0 Å². The number of rotatable bonds is 7. The topological polar surface area (TPSA) is 78.5 Å². The van der Waals surface area contributed by atoms with E-state index in [9.17, 15) is 14.4 Å². The van der Waals surface area contributed by atoms with Crippen molar-refractivity contribution in [1.29, 1.82) is 0 Å². The first kappa shape index (κ1) is 18.0. The molecule has 0 radical (unpaired) electrons. The lowest BCUT2D eigenvalue weighted by Crippen LogP contribution is -2.36. The second kappa shape index (κ2) is 8.47. The zero-order chi connectivity index (χ0) is 17.5. The molecule has 3 amide bonds. The monoisotopic (exact) mass is 331 g/mol. The van der Waals surface area contributed by atoms with Crippen LogP contribution in [0, 0.1) is 5.92 Å². The van der Waals surface area contributed by atoms with Crippen molar-refractivity contribution in [3.8, 4) is 0 Å². The van der Waals surface area contributed by atoms with Gasteiger partial charge in [-0.3, -0.25) is 14.4 Å². The molecule has 1 aliphatic rings. The van der Waals surface area contributed by atoms with Gasteiger partial charge in [-0.15, -0.1) is 0 Å². The number of anilines is 1. The zero-order valence-corrected chi connectivity index (χ0v) is 14.3. The Bertz CT molecular complexity index is 596. The fraction of sp³-hybridized carbons (Fsp3) is 0.500. The number of carbonyl (C=O) groups excluding carboxylic acids is 3. The van der Waals surface area contributed by atoms with Crippen molar-refractivity contribution in [2.24, 2.45) is 5.92 Å². The smallest absolute Gasteiger partial charge is 0.227 e. The van der Waals surface area contributed by atoms with Crippen LogP contribution in [0.4, 0.5) is 5.69 Å². The van der Waals surface area contributed by atoms with Crippen LogP contribution in [0.3, 0.4) is 0 Å². The molecular weight excluding hydrogens is 306 g/mol. The van der Waals surface area contributed by atoms with E-state index in [0.29, 0.717) is 19.5 Å². The molecule has 1 heterocycles. The maximum Gasteiger partial charge on any atom is 0.227 e. The molecule has 1 aromatic rings. The lowest BCUT2D eigenvalue weighted by atomic mass is 10.1. The van der Waals surface area contributed by atoms with Crippen molar-refractivity contribution in [2.75, 3.05) is 24.5 Å². The Morgan fingerprint density at radius 1 is 1.12 bits per heavy atom. The summed E-state index contributed by atoms with van der Waals surface area (Å²) in [6.45, 7) is 5.26. The first-order chi connectivity index (χ1) is 11.5. The highest BCUT2D eigenvalue weighted by Gasteiger charge is 2.21. The van der Waals surface area contributed by atoms with Crippen molar-refractivity contribution in [2.45, 2.75) is 33.1 Å². The van der Waals surface area contributed by atoms with E-state index in [0.717, 1.165) is 24.2 Å². The van der Waals surface area contributed by atoms with Gasteiger partial charge in [0.05, 0.1) is 6.42 Å². The average molecular weight is 331 g/mol. The van der Waals surface area contributed by atoms with Gasteiger partial charge in [0.2, 0.25) is 17.7 Å². The lowest BCUT2D eigenvalue weighted by Gasteiger charge is -2.15. The first-order valence-corrected chi connectivity index (χ1v) is 8.41. The molecule has 1 aromatic carbocycles. The maximum atomic E-state index is 11.9. The molecule has 1 saturated heterocycles. The van der Waals surface area contributed by atoms with E-state index in [-0.39, 0.29) is 30.1 Å². The van der Waals surface area contributed by atoms with Crippen molar-refractivity contribution in [1.82, 2.24) is 10.6 Å². The summed E-state index contributed by atoms with van der Waals surface area (Å²) >= 11 is 0. The molecule has 0 saturated carbocycles. The molecule has 0 unspecified atom stereocenters. The number of hydrogen-bond acceptors (Lipinski definition) is 3. The summed E-state index contributed by atoms with van der Waals surface area (Å²) in [5.41, 5.74) is 1.78. The minimum atomic E-state index is -0.0844. The van der Waals surface area contributed by atoms with Gasteiger partial charge in [-0.2, -0.15) is 0 Å². The normalized spacial score (nSPS) is 14.1. The van der Waals surface area contributed by atoms with Crippen molar-refractivity contribution < 1.29 is 14.4 Å². The molecule has 0 spiro atoms. The van der Waals surface area contributed by atoms with Gasteiger partial charge in [-0.05, 0) is 24.1 Å². The second-order valence-electron chi connectivity index (χ2n) is 6.29. The predicted molar refractivity (Wildman–Crippen MR) is 92.6 cm³/mol. The third kappa shape index (κ3) is 5.08. The van der Waals surface area contributed by atoms with Gasteiger partial charge in [-0.25, -0.2) is 0 Å². The number of carbonyl (C=O) groups is 3. The summed E-state index contributed by atoms with van der Waals surface area (Å²) in [5, 5.41) is 5.54. The Morgan fingerprint density at radius 3 is 2.38 bits per heavy atom. The summed E-state index contributed by atoms with van der Waals surface area (Å²) in [6, 6.07) is 7.52. The summed E-state index contributed by atoms with van der Waals surface area (Å²) < 4.78 is 0. The minimum absolute atomic E-state index is 0.0173. The van der Waals surface area contributed by atoms with Gasteiger partial charge in [0.15, 0.2) is 0 Å². The van der Waals surface area contributed by atoms with Gasteiger partial charge in [0.1, 0.15) is 0 Å². The van der Waals surface area contributed by atoms with Crippen molar-refractivity contribution >= 4 is 23.4 Å². The Labute approximate surface area is 142 Å². The van der Waals surface area contributed by atoms with E-state index in [1.807, 2.05) is 38.1 Å². The highest BCUT2D eigenvalue weighted by atomic mass is 16.2. The fourth-order valence-electron chi connectivity index (χ4n) is 2.55. The van der Waals surface area contributed by atoms with E-state index in [1.54, 1.807) is 4.90 Å². The molecule has 6 nitrogen and oxygen atoms in total. The van der Waals surface area contributed by atoms with Crippen molar-refractivity contribution in [3.63, 3.8) is 0 Å². The summed E-state index contributed by atoms with van der Waals surface area (Å²) in [4.78, 5) is 36.8. The molecule has 6 heteroatoms. The number of nitrogens with zero attached hydrogens (tertiary/aromatic N) is 1. The zero-order valence-electron chi connectivity index (χ0n) is 14.3. The first-order valence-electron chi connectivity index (χ1n) is 8.41. The van der Waals surface area contributed by atoms with Gasteiger partial charge in [-0.1, -0.05) is 26.0 Å². The van der Waals surface area contributed by atoms with Crippen LogP contribution >= 0.6 is 0 Å². The minimum Gasteiger partial charge on any atom is -0.354 e. The Morgan fingerprint density at radius 2 is 1.79 bits per heavy atom. The molecule has 0 aromatic heterocycles. The van der Waals surface area contributed by atoms with Crippen LogP contribution in [-0.4, -0.2) is 37.4 Å². The van der Waals surface area contributed by atoms with Crippen LogP contribution in [0.15, 0.2) is 24.3 Å². The van der Waals surface area contributed by atoms with Crippen molar-refractivity contribution in [3.05, 3.63) is 29.8 Å². The largest absolute Gasteiger partial charge is 0.354 e. The van der Waals surface area contributed by atoms with E-state index >= 15 is 0 Å². The SMILES string of the molecule is CC(C)C(=O)NCCNC(=O)Cc1ccc(N2CCCC2=O)cc1. The number of nitrogens with one attached hydrogen (secondary N) is 2. The highest BCUT2D eigenvalue weighted by Crippen LogP contribution is 2.21. The molecule has 1 aliphatic heterocycles. The van der Waals surface area contributed by atoms with Gasteiger partial charge in [0, 0.05) is 37.7 Å². The number of hydrogen-bond donors (Lipinski definition) is 2. The Hall–Kier alpha value is -2.37. The lowest BCUT2D eigenvalue weighted by molar-refractivity contribution is -0.124. The summed E-state index contributed by atoms with van der Waals surface area (Å²) in [7, 11) is 0. The van der Waals surface area contributed by atoms with Gasteiger partial charge in [0.25, 0.3) is 0 Å². The molecule has 0 bridgehead atoms. The van der Waals surface area contributed by atoms with E-state index < -0.39 is 0 Å². The van der Waals surface area contributed by atoms with Crippen LogP contribution in [0.1, 0.15) is 32.3 Å². The third-order valence-corrected chi connectivity index (χ3v) is 3.96. The highest BCUT2D eigenvalue weighted by molar-refractivity contribution is 5.95. The molecule has 2 rings (SSSR count).